The summed E-state index contributed by atoms with van der Waals surface area (Å²) in [6.07, 6.45) is 1.41. The van der Waals surface area contributed by atoms with E-state index >= 15 is 0 Å². The molecule has 0 atom stereocenters. The molecule has 112 valence electrons. The van der Waals surface area contributed by atoms with Gasteiger partial charge in [-0.1, -0.05) is 31.5 Å². The number of halogens is 2. The van der Waals surface area contributed by atoms with Crippen molar-refractivity contribution in [3.63, 3.8) is 0 Å². The number of aromatic nitrogens is 2. The molecule has 0 aliphatic rings. The number of carbonyl (C=O) groups excluding carboxylic acids is 1. The molecule has 0 saturated heterocycles. The number of carbonyl (C=O) groups is 1. The van der Waals surface area contributed by atoms with Gasteiger partial charge >= 0.3 is 0 Å². The Morgan fingerprint density at radius 3 is 2.57 bits per heavy atom. The Hall–Kier alpha value is -1.68. The smallest absolute Gasteiger partial charge is 0.163 e. The number of hydrogen-bond donors (Lipinski definition) is 0. The molecule has 0 N–H and O–H groups in total. The van der Waals surface area contributed by atoms with E-state index in [0.29, 0.717) is 30.0 Å². The van der Waals surface area contributed by atoms with Gasteiger partial charge in [-0.25, -0.2) is 4.39 Å². The summed E-state index contributed by atoms with van der Waals surface area (Å²) in [5.41, 5.74) is 3.20. The topological polar surface area (TPSA) is 34.9 Å². The summed E-state index contributed by atoms with van der Waals surface area (Å²) in [7, 11) is 0. The Kier molecular flexibility index (Phi) is 4.78. The maximum Gasteiger partial charge on any atom is 0.163 e. The summed E-state index contributed by atoms with van der Waals surface area (Å²) in [6, 6.07) is 4.32. The average molecular weight is 309 g/mol. The third-order valence-electron chi connectivity index (χ3n) is 3.49. The van der Waals surface area contributed by atoms with Gasteiger partial charge in [0, 0.05) is 10.7 Å². The molecule has 0 radical (unpaired) electrons. The van der Waals surface area contributed by atoms with E-state index < -0.39 is 0 Å². The number of aryl methyl sites for hydroxylation is 1. The molecule has 0 spiro atoms. The van der Waals surface area contributed by atoms with Gasteiger partial charge in [0.15, 0.2) is 5.78 Å². The number of ketones is 1. The van der Waals surface area contributed by atoms with Crippen LogP contribution in [0.25, 0.3) is 0 Å². The van der Waals surface area contributed by atoms with Gasteiger partial charge < -0.3 is 0 Å². The van der Waals surface area contributed by atoms with Crippen LogP contribution in [-0.2, 0) is 19.4 Å². The van der Waals surface area contributed by atoms with Crippen molar-refractivity contribution < 1.29 is 9.18 Å². The van der Waals surface area contributed by atoms with Crippen molar-refractivity contribution >= 4 is 17.4 Å². The summed E-state index contributed by atoms with van der Waals surface area (Å²) in [5.74, 6) is -0.334. The Morgan fingerprint density at radius 1 is 1.33 bits per heavy atom. The highest BCUT2D eigenvalue weighted by Crippen LogP contribution is 2.22. The van der Waals surface area contributed by atoms with Crippen molar-refractivity contribution in [3.8, 4) is 0 Å². The molecule has 1 aromatic heterocycles. The predicted molar refractivity (Wildman–Crippen MR) is 81.5 cm³/mol. The van der Waals surface area contributed by atoms with Crippen LogP contribution in [-0.4, -0.2) is 15.6 Å². The molecule has 3 nitrogen and oxygen atoms in total. The lowest BCUT2D eigenvalue weighted by Crippen LogP contribution is -2.08. The van der Waals surface area contributed by atoms with Crippen molar-refractivity contribution in [3.05, 3.63) is 51.6 Å². The summed E-state index contributed by atoms with van der Waals surface area (Å²) in [4.78, 5) is 11.9. The summed E-state index contributed by atoms with van der Waals surface area (Å²) in [5, 5.41) is 4.89. The van der Waals surface area contributed by atoms with Gasteiger partial charge in [-0.15, -0.1) is 0 Å². The van der Waals surface area contributed by atoms with Crippen molar-refractivity contribution in [1.82, 2.24) is 9.78 Å². The van der Waals surface area contributed by atoms with E-state index in [9.17, 15) is 9.18 Å². The fourth-order valence-electron chi connectivity index (χ4n) is 2.51. The van der Waals surface area contributed by atoms with E-state index in [1.807, 2.05) is 13.8 Å². The van der Waals surface area contributed by atoms with Crippen molar-refractivity contribution in [2.24, 2.45) is 0 Å². The number of nitrogens with zero attached hydrogens (tertiary/aromatic N) is 2. The van der Waals surface area contributed by atoms with Gasteiger partial charge in [-0.05, 0) is 37.5 Å². The maximum atomic E-state index is 13.1. The second kappa shape index (κ2) is 6.39. The molecule has 21 heavy (non-hydrogen) atoms. The van der Waals surface area contributed by atoms with Gasteiger partial charge in [-0.2, -0.15) is 5.10 Å². The van der Waals surface area contributed by atoms with E-state index in [2.05, 4.69) is 5.10 Å². The van der Waals surface area contributed by atoms with Crippen molar-refractivity contribution in [2.45, 2.75) is 40.2 Å². The zero-order chi connectivity index (χ0) is 15.6. The van der Waals surface area contributed by atoms with Crippen LogP contribution >= 0.6 is 11.6 Å². The van der Waals surface area contributed by atoms with E-state index in [1.54, 1.807) is 17.7 Å². The molecule has 1 heterocycles. The first-order chi connectivity index (χ1) is 9.97. The normalized spacial score (nSPS) is 10.9. The van der Waals surface area contributed by atoms with Gasteiger partial charge in [-0.3, -0.25) is 9.48 Å². The summed E-state index contributed by atoms with van der Waals surface area (Å²) >= 11 is 6.07. The highest BCUT2D eigenvalue weighted by atomic mass is 35.5. The molecule has 5 heteroatoms. The van der Waals surface area contributed by atoms with Gasteiger partial charge in [0.05, 0.1) is 17.8 Å². The van der Waals surface area contributed by atoms with Crippen molar-refractivity contribution in [1.29, 1.82) is 0 Å². The molecular formula is C16H18ClFN2O. The van der Waals surface area contributed by atoms with E-state index in [4.69, 9.17) is 11.6 Å². The zero-order valence-electron chi connectivity index (χ0n) is 12.4. The standard InChI is InChI=1S/C16H18ClFN2O/c1-4-14-16(10(3)21)15(5-2)20(19-14)9-11-6-7-12(18)8-13(11)17/h6-8H,4-5,9H2,1-3H3. The molecule has 1 aromatic carbocycles. The second-order valence-corrected chi connectivity index (χ2v) is 5.33. The number of benzene rings is 1. The average Bonchev–Trinajstić information content (AvgIpc) is 2.79. The quantitative estimate of drug-likeness (QED) is 0.781. The molecule has 2 rings (SSSR count). The molecular weight excluding hydrogens is 291 g/mol. The van der Waals surface area contributed by atoms with Crippen LogP contribution in [0.3, 0.4) is 0 Å². The van der Waals surface area contributed by atoms with E-state index in [0.717, 1.165) is 17.0 Å². The van der Waals surface area contributed by atoms with E-state index in [-0.39, 0.29) is 11.6 Å². The van der Waals surface area contributed by atoms with Crippen LogP contribution in [0, 0.1) is 5.82 Å². The third-order valence-corrected chi connectivity index (χ3v) is 3.84. The maximum absolute atomic E-state index is 13.1. The molecule has 0 saturated carbocycles. The largest absolute Gasteiger partial charge is 0.294 e. The summed E-state index contributed by atoms with van der Waals surface area (Å²) < 4.78 is 14.9. The first-order valence-corrected chi connectivity index (χ1v) is 7.39. The number of Topliss-reactive ketones (excluding diaryl/α,β-unsaturated/α-hetero) is 1. The van der Waals surface area contributed by atoms with Crippen LogP contribution in [0.1, 0.15) is 48.1 Å². The number of hydrogen-bond acceptors (Lipinski definition) is 2. The van der Waals surface area contributed by atoms with Gasteiger partial charge in [0.25, 0.3) is 0 Å². The molecule has 0 fully saturated rings. The molecule has 2 aromatic rings. The Morgan fingerprint density at radius 2 is 2.05 bits per heavy atom. The monoisotopic (exact) mass is 308 g/mol. The fraction of sp³-hybridized carbons (Fsp3) is 0.375. The Balaban J connectivity index is 2.46. The molecule has 0 bridgehead atoms. The fourth-order valence-corrected chi connectivity index (χ4v) is 2.73. The Labute approximate surface area is 128 Å². The van der Waals surface area contributed by atoms with Crippen molar-refractivity contribution in [2.75, 3.05) is 0 Å². The second-order valence-electron chi connectivity index (χ2n) is 4.93. The lowest BCUT2D eigenvalue weighted by atomic mass is 10.1. The first-order valence-electron chi connectivity index (χ1n) is 7.01. The lowest BCUT2D eigenvalue weighted by Gasteiger charge is -2.08. The van der Waals surface area contributed by atoms with Crippen LogP contribution < -0.4 is 0 Å². The van der Waals surface area contributed by atoms with Gasteiger partial charge in [0.2, 0.25) is 0 Å². The Bertz CT molecular complexity index is 679. The zero-order valence-corrected chi connectivity index (χ0v) is 13.2. The summed E-state index contributed by atoms with van der Waals surface area (Å²) in [6.45, 7) is 5.96. The highest BCUT2D eigenvalue weighted by molar-refractivity contribution is 6.31. The third kappa shape index (κ3) is 3.16. The highest BCUT2D eigenvalue weighted by Gasteiger charge is 2.19. The first kappa shape index (κ1) is 15.7. The van der Waals surface area contributed by atoms with E-state index in [1.165, 1.54) is 12.1 Å². The predicted octanol–water partition coefficient (Wildman–Crippen LogP) is 4.05. The lowest BCUT2D eigenvalue weighted by molar-refractivity contribution is 0.101. The molecule has 0 amide bonds. The minimum Gasteiger partial charge on any atom is -0.294 e. The molecule has 0 unspecified atom stereocenters. The van der Waals surface area contributed by atoms with Crippen LogP contribution in [0.15, 0.2) is 18.2 Å². The van der Waals surface area contributed by atoms with Crippen LogP contribution in [0.2, 0.25) is 5.02 Å². The minimum absolute atomic E-state index is 0.0279. The minimum atomic E-state index is -0.362. The van der Waals surface area contributed by atoms with Crippen LogP contribution in [0.4, 0.5) is 4.39 Å². The molecule has 0 aliphatic carbocycles. The molecule has 0 aliphatic heterocycles. The number of rotatable bonds is 5. The van der Waals surface area contributed by atoms with Gasteiger partial charge in [0.1, 0.15) is 5.82 Å². The van der Waals surface area contributed by atoms with Crippen LogP contribution in [0.5, 0.6) is 0 Å². The SMILES string of the molecule is CCc1nn(Cc2ccc(F)cc2Cl)c(CC)c1C(C)=O.